The molecule has 5 nitrogen and oxygen atoms in total. The Bertz CT molecular complexity index is 697. The number of aryl methyl sites for hydroxylation is 1. The molecule has 2 rings (SSSR count). The van der Waals surface area contributed by atoms with Gasteiger partial charge in [0.25, 0.3) is 0 Å². The summed E-state index contributed by atoms with van der Waals surface area (Å²) in [7, 11) is 1.30. The Balaban J connectivity index is 2.32. The highest BCUT2D eigenvalue weighted by Crippen LogP contribution is 2.24. The molecule has 0 fully saturated rings. The van der Waals surface area contributed by atoms with Crippen molar-refractivity contribution in [3.05, 3.63) is 46.6 Å². The first-order chi connectivity index (χ1) is 10.4. The van der Waals surface area contributed by atoms with Crippen molar-refractivity contribution in [2.45, 2.75) is 26.7 Å². The quantitative estimate of drug-likeness (QED) is 0.668. The molecule has 0 aliphatic rings. The zero-order valence-electron chi connectivity index (χ0n) is 13.2. The Morgan fingerprint density at radius 1 is 1.32 bits per heavy atom. The standard InChI is InChI=1S/C17H20N2O3/c1-10(2)12-5-7-13(8-6-12)18-9-14-15(17(21)22-4)11(3)19-16(14)20/h5-10,19-20H,1-4H3. The second-order valence-electron chi connectivity index (χ2n) is 5.38. The Kier molecular flexibility index (Phi) is 4.65. The fourth-order valence-electron chi connectivity index (χ4n) is 2.20. The summed E-state index contributed by atoms with van der Waals surface area (Å²) >= 11 is 0. The summed E-state index contributed by atoms with van der Waals surface area (Å²) in [6.07, 6.45) is 1.47. The van der Waals surface area contributed by atoms with Crippen LogP contribution in [-0.2, 0) is 4.74 Å². The zero-order chi connectivity index (χ0) is 16.3. The molecule has 2 aromatic rings. The zero-order valence-corrected chi connectivity index (χ0v) is 13.2. The molecule has 1 heterocycles. The molecule has 0 saturated carbocycles. The average molecular weight is 300 g/mol. The number of benzene rings is 1. The topological polar surface area (TPSA) is 74.7 Å². The minimum Gasteiger partial charge on any atom is -0.494 e. The number of aromatic hydroxyl groups is 1. The molecule has 5 heteroatoms. The predicted octanol–water partition coefficient (Wildman–Crippen LogP) is 3.69. The third kappa shape index (κ3) is 3.19. The molecule has 22 heavy (non-hydrogen) atoms. The van der Waals surface area contributed by atoms with Crippen molar-refractivity contribution in [3.63, 3.8) is 0 Å². The Morgan fingerprint density at radius 3 is 2.50 bits per heavy atom. The van der Waals surface area contributed by atoms with E-state index in [1.54, 1.807) is 6.92 Å². The van der Waals surface area contributed by atoms with E-state index in [9.17, 15) is 9.90 Å². The van der Waals surface area contributed by atoms with Crippen LogP contribution in [0.2, 0.25) is 0 Å². The Morgan fingerprint density at radius 2 is 1.95 bits per heavy atom. The number of methoxy groups -OCH3 is 1. The van der Waals surface area contributed by atoms with Crippen molar-refractivity contribution in [3.8, 4) is 5.88 Å². The molecule has 2 N–H and O–H groups in total. The molecule has 116 valence electrons. The number of hydrogen-bond donors (Lipinski definition) is 2. The number of carbonyl (C=O) groups excluding carboxylic acids is 1. The summed E-state index contributed by atoms with van der Waals surface area (Å²) in [6.45, 7) is 5.95. The summed E-state index contributed by atoms with van der Waals surface area (Å²) in [5, 5.41) is 9.90. The van der Waals surface area contributed by atoms with Crippen molar-refractivity contribution < 1.29 is 14.6 Å². The summed E-state index contributed by atoms with van der Waals surface area (Å²) < 4.78 is 4.73. The number of aromatic amines is 1. The van der Waals surface area contributed by atoms with Gasteiger partial charge in [-0.05, 0) is 30.5 Å². The van der Waals surface area contributed by atoms with Gasteiger partial charge in [0.15, 0.2) is 5.88 Å². The van der Waals surface area contributed by atoms with Gasteiger partial charge in [0.2, 0.25) is 0 Å². The highest BCUT2D eigenvalue weighted by atomic mass is 16.5. The molecule has 0 amide bonds. The molecule has 1 aromatic heterocycles. The molecule has 0 aliphatic heterocycles. The minimum absolute atomic E-state index is 0.0968. The highest BCUT2D eigenvalue weighted by molar-refractivity contribution is 6.02. The molecule has 0 aliphatic carbocycles. The number of aromatic nitrogens is 1. The highest BCUT2D eigenvalue weighted by Gasteiger charge is 2.20. The van der Waals surface area contributed by atoms with Crippen molar-refractivity contribution in [1.82, 2.24) is 4.98 Å². The van der Waals surface area contributed by atoms with Crippen LogP contribution in [0.25, 0.3) is 0 Å². The lowest BCUT2D eigenvalue weighted by Crippen LogP contribution is -2.04. The number of esters is 1. The molecule has 0 spiro atoms. The van der Waals surface area contributed by atoms with E-state index in [0.29, 0.717) is 22.7 Å². The number of hydrogen-bond acceptors (Lipinski definition) is 4. The largest absolute Gasteiger partial charge is 0.494 e. The number of nitrogens with one attached hydrogen (secondary N) is 1. The number of carbonyl (C=O) groups is 1. The number of nitrogens with zero attached hydrogens (tertiary/aromatic N) is 1. The molecule has 1 aromatic carbocycles. The Hall–Kier alpha value is -2.56. The molecular formula is C17H20N2O3. The number of H-pyrrole nitrogens is 1. The normalized spacial score (nSPS) is 11.3. The van der Waals surface area contributed by atoms with Crippen LogP contribution in [0.4, 0.5) is 5.69 Å². The predicted molar refractivity (Wildman–Crippen MR) is 86.3 cm³/mol. The lowest BCUT2D eigenvalue weighted by Gasteiger charge is -2.04. The molecule has 0 unspecified atom stereocenters. The van der Waals surface area contributed by atoms with Gasteiger partial charge in [0.05, 0.1) is 23.9 Å². The van der Waals surface area contributed by atoms with Gasteiger partial charge in [-0.2, -0.15) is 0 Å². The maximum Gasteiger partial charge on any atom is 0.340 e. The van der Waals surface area contributed by atoms with E-state index in [1.807, 2.05) is 24.3 Å². The van der Waals surface area contributed by atoms with Gasteiger partial charge in [-0.15, -0.1) is 0 Å². The fourth-order valence-corrected chi connectivity index (χ4v) is 2.20. The maximum absolute atomic E-state index is 11.8. The second kappa shape index (κ2) is 6.47. The van der Waals surface area contributed by atoms with Gasteiger partial charge < -0.3 is 14.8 Å². The summed E-state index contributed by atoms with van der Waals surface area (Å²) in [5.41, 5.74) is 3.15. The molecule has 0 saturated heterocycles. The first-order valence-electron chi connectivity index (χ1n) is 7.08. The molecule has 0 radical (unpaired) electrons. The van der Waals surface area contributed by atoms with Gasteiger partial charge in [0.1, 0.15) is 0 Å². The first-order valence-corrected chi connectivity index (χ1v) is 7.08. The first kappa shape index (κ1) is 15.8. The van der Waals surface area contributed by atoms with Crippen molar-refractivity contribution in [1.29, 1.82) is 0 Å². The van der Waals surface area contributed by atoms with Gasteiger partial charge in [-0.3, -0.25) is 4.99 Å². The van der Waals surface area contributed by atoms with Crippen LogP contribution in [-0.4, -0.2) is 29.4 Å². The lowest BCUT2D eigenvalue weighted by atomic mass is 10.0. The summed E-state index contributed by atoms with van der Waals surface area (Å²) in [6, 6.07) is 7.84. The van der Waals surface area contributed by atoms with Gasteiger partial charge in [-0.1, -0.05) is 26.0 Å². The monoisotopic (exact) mass is 300 g/mol. The van der Waals surface area contributed by atoms with Gasteiger partial charge in [0, 0.05) is 11.9 Å². The van der Waals surface area contributed by atoms with Gasteiger partial charge >= 0.3 is 5.97 Å². The summed E-state index contributed by atoms with van der Waals surface area (Å²) in [5.74, 6) is -0.147. The van der Waals surface area contributed by atoms with E-state index in [2.05, 4.69) is 23.8 Å². The van der Waals surface area contributed by atoms with Gasteiger partial charge in [-0.25, -0.2) is 4.79 Å². The van der Waals surface area contributed by atoms with Crippen LogP contribution in [0.3, 0.4) is 0 Å². The average Bonchev–Trinajstić information content (AvgIpc) is 2.78. The van der Waals surface area contributed by atoms with Crippen molar-refractivity contribution in [2.24, 2.45) is 4.99 Å². The van der Waals surface area contributed by atoms with Crippen LogP contribution < -0.4 is 0 Å². The van der Waals surface area contributed by atoms with E-state index in [0.717, 1.165) is 5.69 Å². The number of ether oxygens (including phenoxy) is 1. The van der Waals surface area contributed by atoms with Crippen LogP contribution in [0.15, 0.2) is 29.3 Å². The third-order valence-corrected chi connectivity index (χ3v) is 3.50. The van der Waals surface area contributed by atoms with Crippen LogP contribution in [0.1, 0.15) is 46.9 Å². The van der Waals surface area contributed by atoms with E-state index in [4.69, 9.17) is 4.74 Å². The third-order valence-electron chi connectivity index (χ3n) is 3.50. The summed E-state index contributed by atoms with van der Waals surface area (Å²) in [4.78, 5) is 18.8. The molecule has 0 atom stereocenters. The molecular weight excluding hydrogens is 280 g/mol. The van der Waals surface area contributed by atoms with Crippen LogP contribution in [0.5, 0.6) is 5.88 Å². The van der Waals surface area contributed by atoms with Crippen molar-refractivity contribution in [2.75, 3.05) is 7.11 Å². The molecule has 0 bridgehead atoms. The smallest absolute Gasteiger partial charge is 0.340 e. The SMILES string of the molecule is COC(=O)c1c(C)[nH]c(O)c1C=Nc1ccc(C(C)C)cc1. The van der Waals surface area contributed by atoms with Crippen molar-refractivity contribution >= 4 is 17.9 Å². The number of rotatable bonds is 4. The van der Waals surface area contributed by atoms with Crippen LogP contribution in [0, 0.1) is 6.92 Å². The van der Waals surface area contributed by atoms with E-state index < -0.39 is 5.97 Å². The van der Waals surface area contributed by atoms with Crippen LogP contribution >= 0.6 is 0 Å². The lowest BCUT2D eigenvalue weighted by molar-refractivity contribution is 0.0600. The second-order valence-corrected chi connectivity index (χ2v) is 5.38. The van der Waals surface area contributed by atoms with E-state index >= 15 is 0 Å². The maximum atomic E-state index is 11.8. The Labute approximate surface area is 129 Å². The fraction of sp³-hybridized carbons (Fsp3) is 0.294. The van der Waals surface area contributed by atoms with E-state index in [-0.39, 0.29) is 5.88 Å². The minimum atomic E-state index is -0.509. The number of aliphatic imine (C=N–C) groups is 1. The van der Waals surface area contributed by atoms with E-state index in [1.165, 1.54) is 18.9 Å².